The number of aromatic nitrogens is 3. The predicted molar refractivity (Wildman–Crippen MR) is 126 cm³/mol. The van der Waals surface area contributed by atoms with Crippen LogP contribution >= 0.6 is 0 Å². The van der Waals surface area contributed by atoms with E-state index in [1.54, 1.807) is 6.07 Å². The second-order valence-electron chi connectivity index (χ2n) is 9.77. The molecule has 2 aromatic heterocycles. The number of hydrogen-bond donors (Lipinski definition) is 1. The van der Waals surface area contributed by atoms with E-state index in [1.807, 2.05) is 0 Å². The third-order valence-corrected chi connectivity index (χ3v) is 8.84. The van der Waals surface area contributed by atoms with Crippen LogP contribution in [-0.2, 0) is 36.4 Å². The molecule has 0 amide bonds. The summed E-state index contributed by atoms with van der Waals surface area (Å²) in [4.78, 5) is 7.42. The molecule has 0 saturated carbocycles. The number of rotatable bonds is 5. The predicted octanol–water partition coefficient (Wildman–Crippen LogP) is 3.10. The lowest BCUT2D eigenvalue weighted by Gasteiger charge is -2.26. The number of pyridine rings is 1. The van der Waals surface area contributed by atoms with E-state index >= 15 is 0 Å². The SMILES string of the molecule is CC(C)(C)c1nc2cc(S(=O)(=O)c3cc(S(C)(=O)=O)cnc3O)ccc2n1CC1CCOCC1. The Morgan fingerprint density at radius 2 is 1.76 bits per heavy atom. The van der Waals surface area contributed by atoms with Crippen molar-refractivity contribution in [2.45, 2.75) is 60.3 Å². The molecule has 0 radical (unpaired) electrons. The molecule has 184 valence electrons. The molecule has 1 fully saturated rings. The Kier molecular flexibility index (Phi) is 6.24. The molecule has 3 heterocycles. The van der Waals surface area contributed by atoms with Crippen LogP contribution in [0.25, 0.3) is 11.0 Å². The molecule has 34 heavy (non-hydrogen) atoms. The minimum Gasteiger partial charge on any atom is -0.492 e. The maximum Gasteiger partial charge on any atom is 0.230 e. The number of fused-ring (bicyclic) bond motifs is 1. The molecule has 0 aliphatic carbocycles. The first kappa shape index (κ1) is 24.6. The van der Waals surface area contributed by atoms with Crippen LogP contribution in [0.5, 0.6) is 5.88 Å². The van der Waals surface area contributed by atoms with Crippen molar-refractivity contribution in [1.29, 1.82) is 0 Å². The van der Waals surface area contributed by atoms with Gasteiger partial charge in [0.2, 0.25) is 15.7 Å². The molecular weight excluding hydrogens is 478 g/mol. The van der Waals surface area contributed by atoms with Crippen LogP contribution in [0.15, 0.2) is 45.1 Å². The van der Waals surface area contributed by atoms with Gasteiger partial charge < -0.3 is 14.4 Å². The van der Waals surface area contributed by atoms with Gasteiger partial charge in [0, 0.05) is 37.6 Å². The van der Waals surface area contributed by atoms with E-state index in [0.29, 0.717) is 11.4 Å². The number of sulfone groups is 2. The van der Waals surface area contributed by atoms with E-state index in [2.05, 4.69) is 30.3 Å². The second kappa shape index (κ2) is 8.62. The fourth-order valence-electron chi connectivity index (χ4n) is 4.17. The molecule has 1 aliphatic rings. The highest BCUT2D eigenvalue weighted by Crippen LogP contribution is 2.33. The Hall–Kier alpha value is -2.50. The minimum absolute atomic E-state index is 0.0982. The highest BCUT2D eigenvalue weighted by molar-refractivity contribution is 7.92. The van der Waals surface area contributed by atoms with E-state index in [4.69, 9.17) is 9.72 Å². The zero-order chi connectivity index (χ0) is 24.9. The van der Waals surface area contributed by atoms with Crippen molar-refractivity contribution in [2.75, 3.05) is 19.5 Å². The summed E-state index contributed by atoms with van der Waals surface area (Å²) in [5, 5.41) is 10.1. The molecule has 11 heteroatoms. The Bertz CT molecular complexity index is 1450. The first-order chi connectivity index (χ1) is 15.8. The summed E-state index contributed by atoms with van der Waals surface area (Å²) in [5.41, 5.74) is 1.07. The number of ether oxygens (including phenoxy) is 1. The summed E-state index contributed by atoms with van der Waals surface area (Å²) in [7, 11) is -7.97. The minimum atomic E-state index is -4.25. The zero-order valence-corrected chi connectivity index (χ0v) is 21.3. The third-order valence-electron chi connectivity index (χ3n) is 6.01. The van der Waals surface area contributed by atoms with Crippen LogP contribution < -0.4 is 0 Å². The van der Waals surface area contributed by atoms with Crippen molar-refractivity contribution in [3.63, 3.8) is 0 Å². The highest BCUT2D eigenvalue weighted by atomic mass is 32.2. The smallest absolute Gasteiger partial charge is 0.230 e. The molecule has 1 aliphatic heterocycles. The summed E-state index contributed by atoms with van der Waals surface area (Å²) >= 11 is 0. The van der Waals surface area contributed by atoms with Crippen LogP contribution in [0.4, 0.5) is 0 Å². The topological polar surface area (TPSA) is 128 Å². The first-order valence-electron chi connectivity index (χ1n) is 11.0. The lowest BCUT2D eigenvalue weighted by molar-refractivity contribution is 0.0611. The van der Waals surface area contributed by atoms with Gasteiger partial charge in [-0.05, 0) is 43.0 Å². The van der Waals surface area contributed by atoms with Crippen molar-refractivity contribution in [2.24, 2.45) is 5.92 Å². The van der Waals surface area contributed by atoms with Crippen LogP contribution in [0.1, 0.15) is 39.4 Å². The summed E-state index contributed by atoms with van der Waals surface area (Å²) in [5.74, 6) is 0.539. The zero-order valence-electron chi connectivity index (χ0n) is 19.6. The quantitative estimate of drug-likeness (QED) is 0.558. The molecule has 3 aromatic rings. The van der Waals surface area contributed by atoms with Crippen molar-refractivity contribution < 1.29 is 26.7 Å². The Balaban J connectivity index is 1.83. The molecule has 1 aromatic carbocycles. The van der Waals surface area contributed by atoms with E-state index in [0.717, 1.165) is 62.5 Å². The standard InChI is InChI=1S/C23H29N3O6S2/c1-23(2,3)22-25-18-11-16(5-6-19(18)26(22)14-15-7-9-32-10-8-15)34(30,31)20-12-17(33(4,28)29)13-24-21(20)27/h5-6,11-13,15H,7-10,14H2,1-4H3,(H,24,27). The summed E-state index contributed by atoms with van der Waals surface area (Å²) in [6.07, 6.45) is 3.79. The van der Waals surface area contributed by atoms with Gasteiger partial charge in [-0.15, -0.1) is 0 Å². The van der Waals surface area contributed by atoms with E-state index in [9.17, 15) is 21.9 Å². The number of imidazole rings is 1. The maximum atomic E-state index is 13.3. The molecule has 0 spiro atoms. The fraction of sp³-hybridized carbons (Fsp3) is 0.478. The van der Waals surface area contributed by atoms with E-state index in [-0.39, 0.29) is 15.2 Å². The maximum absolute atomic E-state index is 13.3. The van der Waals surface area contributed by atoms with Gasteiger partial charge in [-0.2, -0.15) is 0 Å². The summed E-state index contributed by atoms with van der Waals surface area (Å²) in [6, 6.07) is 5.57. The Morgan fingerprint density at radius 1 is 1.09 bits per heavy atom. The van der Waals surface area contributed by atoms with Gasteiger partial charge in [0.15, 0.2) is 9.84 Å². The number of benzene rings is 1. The van der Waals surface area contributed by atoms with Crippen molar-refractivity contribution in [3.8, 4) is 5.88 Å². The first-order valence-corrected chi connectivity index (χ1v) is 14.4. The molecule has 0 bridgehead atoms. The normalized spacial score (nSPS) is 16.2. The van der Waals surface area contributed by atoms with Gasteiger partial charge in [-0.25, -0.2) is 26.8 Å². The number of hydrogen-bond acceptors (Lipinski definition) is 8. The Morgan fingerprint density at radius 3 is 2.38 bits per heavy atom. The van der Waals surface area contributed by atoms with Crippen LogP contribution in [0.3, 0.4) is 0 Å². The average Bonchev–Trinajstić information content (AvgIpc) is 3.12. The fourth-order valence-corrected chi connectivity index (χ4v) is 6.16. The van der Waals surface area contributed by atoms with Gasteiger partial charge >= 0.3 is 0 Å². The lowest BCUT2D eigenvalue weighted by atomic mass is 9.94. The molecule has 4 rings (SSSR count). The van der Waals surface area contributed by atoms with Crippen LogP contribution in [0.2, 0.25) is 0 Å². The molecule has 1 N–H and O–H groups in total. The molecular formula is C23H29N3O6S2. The van der Waals surface area contributed by atoms with Gasteiger partial charge in [0.05, 0.1) is 20.8 Å². The largest absolute Gasteiger partial charge is 0.492 e. The summed E-state index contributed by atoms with van der Waals surface area (Å²) in [6.45, 7) is 8.41. The van der Waals surface area contributed by atoms with Gasteiger partial charge in [-0.3, -0.25) is 0 Å². The number of aromatic hydroxyl groups is 1. The lowest BCUT2D eigenvalue weighted by Crippen LogP contribution is -2.25. The van der Waals surface area contributed by atoms with Crippen LogP contribution in [0, 0.1) is 5.92 Å². The van der Waals surface area contributed by atoms with Gasteiger partial charge in [-0.1, -0.05) is 20.8 Å². The monoisotopic (exact) mass is 507 g/mol. The van der Waals surface area contributed by atoms with Crippen molar-refractivity contribution >= 4 is 30.7 Å². The van der Waals surface area contributed by atoms with E-state index < -0.39 is 30.4 Å². The third kappa shape index (κ3) is 4.69. The van der Waals surface area contributed by atoms with Gasteiger partial charge in [0.1, 0.15) is 10.7 Å². The van der Waals surface area contributed by atoms with E-state index in [1.165, 1.54) is 12.1 Å². The number of nitrogens with zero attached hydrogens (tertiary/aromatic N) is 3. The molecule has 1 saturated heterocycles. The van der Waals surface area contributed by atoms with Crippen molar-refractivity contribution in [3.05, 3.63) is 36.3 Å². The molecule has 0 unspecified atom stereocenters. The van der Waals surface area contributed by atoms with Gasteiger partial charge in [0.25, 0.3) is 0 Å². The highest BCUT2D eigenvalue weighted by Gasteiger charge is 2.29. The Labute approximate surface area is 199 Å². The summed E-state index contributed by atoms with van der Waals surface area (Å²) < 4.78 is 58.1. The molecule has 9 nitrogen and oxygen atoms in total. The average molecular weight is 508 g/mol. The van der Waals surface area contributed by atoms with Crippen LogP contribution in [-0.4, -0.2) is 55.9 Å². The molecule has 0 atom stereocenters. The van der Waals surface area contributed by atoms with Crippen molar-refractivity contribution in [1.82, 2.24) is 14.5 Å². The second-order valence-corrected chi connectivity index (χ2v) is 13.7.